The van der Waals surface area contributed by atoms with Gasteiger partial charge in [0.05, 0.1) is 16.4 Å². The summed E-state index contributed by atoms with van der Waals surface area (Å²) in [7, 11) is 0. The Labute approximate surface area is 138 Å². The van der Waals surface area contributed by atoms with E-state index in [0.717, 1.165) is 14.5 Å². The van der Waals surface area contributed by atoms with Crippen molar-refractivity contribution >= 4 is 60.7 Å². The van der Waals surface area contributed by atoms with Crippen LogP contribution in [0.2, 0.25) is 5.02 Å². The number of carbonyl (C=O) groups excluding carboxylic acids is 1. The van der Waals surface area contributed by atoms with Gasteiger partial charge in [-0.1, -0.05) is 11.6 Å². The van der Waals surface area contributed by atoms with Crippen LogP contribution in [0.15, 0.2) is 39.3 Å². The molecule has 0 bridgehead atoms. The molecule has 2 aromatic carbocycles. The summed E-state index contributed by atoms with van der Waals surface area (Å²) in [5.74, 6) is -0.251. The van der Waals surface area contributed by atoms with Crippen LogP contribution in [-0.4, -0.2) is 5.91 Å². The monoisotopic (exact) mass is 416 g/mol. The number of nitrogens with two attached hydrogens (primary N) is 1. The fraction of sp³-hybridized carbons (Fsp3) is 0.0714. The highest BCUT2D eigenvalue weighted by atomic mass is 79.9. The van der Waals surface area contributed by atoms with Crippen LogP contribution in [0.1, 0.15) is 15.9 Å². The first-order valence-corrected chi connectivity index (χ1v) is 7.67. The van der Waals surface area contributed by atoms with Gasteiger partial charge in [-0.3, -0.25) is 4.79 Å². The molecule has 0 atom stereocenters. The lowest BCUT2D eigenvalue weighted by Gasteiger charge is -2.11. The van der Waals surface area contributed by atoms with Crippen molar-refractivity contribution in [2.45, 2.75) is 6.92 Å². The minimum Gasteiger partial charge on any atom is -0.398 e. The number of anilines is 2. The van der Waals surface area contributed by atoms with E-state index < -0.39 is 0 Å². The number of nitrogen functional groups attached to an aromatic ring is 1. The summed E-state index contributed by atoms with van der Waals surface area (Å²) in [6.07, 6.45) is 0. The Morgan fingerprint density at radius 2 is 1.80 bits per heavy atom. The maximum Gasteiger partial charge on any atom is 0.255 e. The first kappa shape index (κ1) is 15.4. The van der Waals surface area contributed by atoms with Crippen LogP contribution < -0.4 is 11.1 Å². The van der Waals surface area contributed by atoms with Crippen molar-refractivity contribution in [2.24, 2.45) is 0 Å². The van der Waals surface area contributed by atoms with Gasteiger partial charge in [-0.25, -0.2) is 0 Å². The van der Waals surface area contributed by atoms with E-state index in [1.807, 2.05) is 19.1 Å². The largest absolute Gasteiger partial charge is 0.398 e. The molecule has 0 fully saturated rings. The second-order valence-corrected chi connectivity index (χ2v) is 6.41. The zero-order valence-electron chi connectivity index (χ0n) is 10.5. The van der Waals surface area contributed by atoms with Gasteiger partial charge in [0.15, 0.2) is 0 Å². The van der Waals surface area contributed by atoms with E-state index in [0.29, 0.717) is 22.0 Å². The third-order valence-corrected chi connectivity index (χ3v) is 4.28. The van der Waals surface area contributed by atoms with E-state index in [9.17, 15) is 4.79 Å². The number of hydrogen-bond donors (Lipinski definition) is 2. The molecular formula is C14H11Br2ClN2O. The third-order valence-electron chi connectivity index (χ3n) is 2.68. The molecule has 0 unspecified atom stereocenters. The molecule has 20 heavy (non-hydrogen) atoms. The van der Waals surface area contributed by atoms with Gasteiger partial charge in [0.1, 0.15) is 0 Å². The highest BCUT2D eigenvalue weighted by molar-refractivity contribution is 9.11. The van der Waals surface area contributed by atoms with Crippen LogP contribution in [0.4, 0.5) is 11.4 Å². The molecule has 1 amide bonds. The van der Waals surface area contributed by atoms with Gasteiger partial charge in [0.25, 0.3) is 5.91 Å². The zero-order chi connectivity index (χ0) is 14.9. The van der Waals surface area contributed by atoms with Crippen LogP contribution >= 0.6 is 43.5 Å². The summed E-state index contributed by atoms with van der Waals surface area (Å²) in [4.78, 5) is 12.2. The van der Waals surface area contributed by atoms with Crippen molar-refractivity contribution < 1.29 is 4.79 Å². The molecule has 0 aliphatic carbocycles. The van der Waals surface area contributed by atoms with E-state index in [-0.39, 0.29) is 5.91 Å². The van der Waals surface area contributed by atoms with Crippen LogP contribution in [0.25, 0.3) is 0 Å². The molecule has 0 aliphatic rings. The summed E-state index contributed by atoms with van der Waals surface area (Å²) in [6, 6.07) is 8.63. The van der Waals surface area contributed by atoms with Crippen molar-refractivity contribution in [3.8, 4) is 0 Å². The van der Waals surface area contributed by atoms with Crippen molar-refractivity contribution in [3.05, 3.63) is 55.4 Å². The quantitative estimate of drug-likeness (QED) is 0.674. The SMILES string of the molecule is Cc1cc(Br)c(NC(=O)c2ccc(Cl)c(N)c2)c(Br)c1. The summed E-state index contributed by atoms with van der Waals surface area (Å²) in [6.45, 7) is 1.97. The van der Waals surface area contributed by atoms with Crippen molar-refractivity contribution in [3.63, 3.8) is 0 Å². The minimum absolute atomic E-state index is 0.251. The number of nitrogens with one attached hydrogen (secondary N) is 1. The Morgan fingerprint density at radius 1 is 1.20 bits per heavy atom. The van der Waals surface area contributed by atoms with Gasteiger partial charge in [0.2, 0.25) is 0 Å². The Morgan fingerprint density at radius 3 is 2.35 bits per heavy atom. The number of halogens is 3. The molecule has 3 nitrogen and oxygen atoms in total. The molecule has 0 spiro atoms. The predicted molar refractivity (Wildman–Crippen MR) is 90.4 cm³/mol. The number of amides is 1. The summed E-state index contributed by atoms with van der Waals surface area (Å²) in [5.41, 5.74) is 8.28. The fourth-order valence-corrected chi connectivity index (χ4v) is 3.42. The van der Waals surface area contributed by atoms with Crippen molar-refractivity contribution in [1.82, 2.24) is 0 Å². The molecule has 0 saturated heterocycles. The van der Waals surface area contributed by atoms with E-state index >= 15 is 0 Å². The Balaban J connectivity index is 2.30. The molecule has 2 rings (SSSR count). The molecule has 104 valence electrons. The summed E-state index contributed by atoms with van der Waals surface area (Å²) >= 11 is 12.7. The number of hydrogen-bond acceptors (Lipinski definition) is 2. The summed E-state index contributed by atoms with van der Waals surface area (Å²) in [5, 5.41) is 3.27. The van der Waals surface area contributed by atoms with Gasteiger partial charge in [0, 0.05) is 14.5 Å². The molecule has 0 aliphatic heterocycles. The van der Waals surface area contributed by atoms with Crippen LogP contribution in [0.3, 0.4) is 0 Å². The summed E-state index contributed by atoms with van der Waals surface area (Å²) < 4.78 is 1.61. The second kappa shape index (κ2) is 6.16. The Bertz CT molecular complexity index is 666. The molecule has 3 N–H and O–H groups in total. The minimum atomic E-state index is -0.251. The number of aryl methyl sites for hydroxylation is 1. The maximum absolute atomic E-state index is 12.2. The maximum atomic E-state index is 12.2. The highest BCUT2D eigenvalue weighted by Crippen LogP contribution is 2.32. The number of carbonyl (C=O) groups is 1. The molecule has 0 aromatic heterocycles. The molecular weight excluding hydrogens is 407 g/mol. The lowest BCUT2D eigenvalue weighted by Crippen LogP contribution is -2.13. The van der Waals surface area contributed by atoms with Crippen LogP contribution in [-0.2, 0) is 0 Å². The second-order valence-electron chi connectivity index (χ2n) is 4.29. The van der Waals surface area contributed by atoms with Gasteiger partial charge in [-0.15, -0.1) is 0 Å². The topological polar surface area (TPSA) is 55.1 Å². The standard InChI is InChI=1S/C14H11Br2ClN2O/c1-7-4-9(15)13(10(16)5-7)19-14(20)8-2-3-11(17)12(18)6-8/h2-6H,18H2,1H3,(H,19,20). The lowest BCUT2D eigenvalue weighted by atomic mass is 10.1. The van der Waals surface area contributed by atoms with Gasteiger partial charge in [-0.05, 0) is 74.7 Å². The average Bonchev–Trinajstić information content (AvgIpc) is 2.36. The molecule has 6 heteroatoms. The first-order chi connectivity index (χ1) is 9.38. The van der Waals surface area contributed by atoms with Gasteiger partial charge in [-0.2, -0.15) is 0 Å². The van der Waals surface area contributed by atoms with E-state index in [2.05, 4.69) is 37.2 Å². The Hall–Kier alpha value is -1.04. The number of benzene rings is 2. The highest BCUT2D eigenvalue weighted by Gasteiger charge is 2.12. The smallest absolute Gasteiger partial charge is 0.255 e. The normalized spacial score (nSPS) is 10.4. The van der Waals surface area contributed by atoms with E-state index in [1.54, 1.807) is 18.2 Å². The average molecular weight is 419 g/mol. The molecule has 0 saturated carbocycles. The molecule has 0 radical (unpaired) electrons. The zero-order valence-corrected chi connectivity index (χ0v) is 14.4. The van der Waals surface area contributed by atoms with E-state index in [4.69, 9.17) is 17.3 Å². The van der Waals surface area contributed by atoms with Gasteiger partial charge < -0.3 is 11.1 Å². The van der Waals surface area contributed by atoms with Crippen molar-refractivity contribution in [1.29, 1.82) is 0 Å². The number of rotatable bonds is 2. The third kappa shape index (κ3) is 3.34. The first-order valence-electron chi connectivity index (χ1n) is 5.70. The van der Waals surface area contributed by atoms with Crippen LogP contribution in [0, 0.1) is 6.92 Å². The lowest BCUT2D eigenvalue weighted by molar-refractivity contribution is 0.102. The van der Waals surface area contributed by atoms with E-state index in [1.165, 1.54) is 0 Å². The molecule has 2 aromatic rings. The fourth-order valence-electron chi connectivity index (χ4n) is 1.69. The van der Waals surface area contributed by atoms with Crippen LogP contribution in [0.5, 0.6) is 0 Å². The van der Waals surface area contributed by atoms with Gasteiger partial charge >= 0.3 is 0 Å². The predicted octanol–water partition coefficient (Wildman–Crippen LogP) is 5.01. The Kier molecular flexibility index (Phi) is 4.73. The van der Waals surface area contributed by atoms with Crippen molar-refractivity contribution in [2.75, 3.05) is 11.1 Å². The molecule has 0 heterocycles.